The second-order valence-corrected chi connectivity index (χ2v) is 14.0. The fourth-order valence-electron chi connectivity index (χ4n) is 6.26. The van der Waals surface area contributed by atoms with Gasteiger partial charge in [0.05, 0.1) is 22.3 Å². The minimum absolute atomic E-state index is 0.0261. The van der Waals surface area contributed by atoms with E-state index in [4.69, 9.17) is 4.74 Å². The number of hydrogen-bond donors (Lipinski definition) is 3. The van der Waals surface area contributed by atoms with Gasteiger partial charge in [-0.15, -0.1) is 0 Å². The third-order valence-electron chi connectivity index (χ3n) is 8.79. The zero-order chi connectivity index (χ0) is 33.5. The van der Waals surface area contributed by atoms with Crippen molar-refractivity contribution in [2.75, 3.05) is 11.9 Å². The summed E-state index contributed by atoms with van der Waals surface area (Å²) < 4.78 is 62.6. The number of fused-ring (bicyclic) bond motifs is 3. The lowest BCUT2D eigenvalue weighted by Crippen LogP contribution is -2.55. The number of carboxylic acid groups (broad SMARTS) is 1. The molecule has 250 valence electrons. The topological polar surface area (TPSA) is 121 Å². The van der Waals surface area contributed by atoms with Crippen molar-refractivity contribution in [1.29, 1.82) is 0 Å². The molecule has 2 aliphatic heterocycles. The van der Waals surface area contributed by atoms with Gasteiger partial charge in [-0.05, 0) is 62.1 Å². The first-order chi connectivity index (χ1) is 22.3. The smallest absolute Gasteiger partial charge is 0.416 e. The Morgan fingerprint density at radius 2 is 1.98 bits per heavy atom. The van der Waals surface area contributed by atoms with E-state index in [1.807, 2.05) is 24.3 Å². The standard InChI is InChI=1S/C32H31BrF4N4O5S/c33-19-8-9-23-26(12-19)47-30(39-23)46-22-14-25-27(42)40-31(29(44)45)15-17(31)6-4-2-1-3-5-7-24(28(43)41(25)16-22)38-21-11-18(32(35,36)37)10-20(34)13-21/h4,6,8-13,17,22,24-25,38H,1-3,5,7,14-16H2,(H,40,42)(H,44,45)/b6-4-/t17-,22+,24-,25-,31+/m0/s1. The molecule has 2 amide bonds. The third kappa shape index (κ3) is 7.25. The number of nitrogens with one attached hydrogen (secondary N) is 2. The number of carbonyl (C=O) groups is 3. The predicted molar refractivity (Wildman–Crippen MR) is 170 cm³/mol. The highest BCUT2D eigenvalue weighted by molar-refractivity contribution is 9.10. The summed E-state index contributed by atoms with van der Waals surface area (Å²) in [5.41, 5.74) is -2.24. The number of carboxylic acids is 1. The van der Waals surface area contributed by atoms with E-state index in [1.54, 1.807) is 6.08 Å². The zero-order valence-corrected chi connectivity index (χ0v) is 27.3. The molecule has 0 bridgehead atoms. The molecule has 5 atom stereocenters. The first-order valence-corrected chi connectivity index (χ1v) is 16.8. The van der Waals surface area contributed by atoms with Crippen LogP contribution in [0.25, 0.3) is 10.2 Å². The molecule has 1 saturated heterocycles. The van der Waals surface area contributed by atoms with Crippen LogP contribution in [0.2, 0.25) is 0 Å². The van der Waals surface area contributed by atoms with E-state index < -0.39 is 65.0 Å². The van der Waals surface area contributed by atoms with Crippen LogP contribution in [0.4, 0.5) is 23.2 Å². The summed E-state index contributed by atoms with van der Waals surface area (Å²) in [6, 6.07) is 5.31. The van der Waals surface area contributed by atoms with Gasteiger partial charge in [0.2, 0.25) is 11.8 Å². The van der Waals surface area contributed by atoms with E-state index in [0.717, 1.165) is 27.7 Å². The number of halogens is 5. The van der Waals surface area contributed by atoms with E-state index >= 15 is 0 Å². The van der Waals surface area contributed by atoms with Crippen LogP contribution >= 0.6 is 27.3 Å². The normalized spacial score (nSPS) is 27.6. The molecule has 3 heterocycles. The van der Waals surface area contributed by atoms with Gasteiger partial charge in [-0.25, -0.2) is 14.2 Å². The minimum atomic E-state index is -4.81. The Labute approximate surface area is 279 Å². The highest BCUT2D eigenvalue weighted by Gasteiger charge is 2.61. The SMILES string of the molecule is O=C1N[C@]2(C(=O)O)C[C@@H]2/C=C\CCCCC[C@H](Nc2cc(F)cc(C(F)(F)F)c2)C(=O)N2C[C@H](Oc3nc4ccc(Br)cc4s3)C[C@@H]12. The molecule has 3 aliphatic rings. The maximum atomic E-state index is 14.3. The Kier molecular flexibility index (Phi) is 9.22. The van der Waals surface area contributed by atoms with E-state index in [2.05, 4.69) is 31.5 Å². The molecule has 15 heteroatoms. The summed E-state index contributed by atoms with van der Waals surface area (Å²) in [5, 5.41) is 15.9. The lowest BCUT2D eigenvalue weighted by molar-refractivity contribution is -0.145. The average molecular weight is 740 g/mol. The average Bonchev–Trinajstić information content (AvgIpc) is 3.32. The number of aliphatic carboxylic acids is 1. The van der Waals surface area contributed by atoms with Gasteiger partial charge in [-0.1, -0.05) is 52.3 Å². The van der Waals surface area contributed by atoms with Crippen LogP contribution in [0.3, 0.4) is 0 Å². The number of ether oxygens (including phenoxy) is 1. The summed E-state index contributed by atoms with van der Waals surface area (Å²) in [6.45, 7) is -0.0604. The van der Waals surface area contributed by atoms with Gasteiger partial charge >= 0.3 is 12.1 Å². The van der Waals surface area contributed by atoms with Crippen molar-refractivity contribution in [2.45, 2.75) is 74.8 Å². The molecule has 3 aromatic rings. The number of thiazole rings is 1. The number of alkyl halides is 3. The van der Waals surface area contributed by atoms with Crippen molar-refractivity contribution in [1.82, 2.24) is 15.2 Å². The van der Waals surface area contributed by atoms with Crippen molar-refractivity contribution in [2.24, 2.45) is 5.92 Å². The molecular formula is C32H31BrF4N4O5S. The number of benzene rings is 2. The Balaban J connectivity index is 1.31. The number of aromatic nitrogens is 1. The number of amides is 2. The highest BCUT2D eigenvalue weighted by atomic mass is 79.9. The predicted octanol–water partition coefficient (Wildman–Crippen LogP) is 6.53. The van der Waals surface area contributed by atoms with E-state index in [0.29, 0.717) is 36.0 Å². The van der Waals surface area contributed by atoms with Crippen LogP contribution in [-0.2, 0) is 20.6 Å². The van der Waals surface area contributed by atoms with Gasteiger partial charge in [0, 0.05) is 22.5 Å². The summed E-state index contributed by atoms with van der Waals surface area (Å²) >= 11 is 4.71. The van der Waals surface area contributed by atoms with Crippen molar-refractivity contribution < 1.29 is 41.8 Å². The first kappa shape index (κ1) is 33.2. The van der Waals surface area contributed by atoms with Crippen molar-refractivity contribution in [3.63, 3.8) is 0 Å². The molecular weight excluding hydrogens is 708 g/mol. The molecule has 0 radical (unpaired) electrons. The Morgan fingerprint density at radius 1 is 1.17 bits per heavy atom. The molecule has 2 fully saturated rings. The fourth-order valence-corrected chi connectivity index (χ4v) is 7.69. The van der Waals surface area contributed by atoms with Crippen LogP contribution in [0.15, 0.2) is 53.0 Å². The number of anilines is 1. The number of hydrogen-bond acceptors (Lipinski definition) is 7. The molecule has 1 aromatic heterocycles. The van der Waals surface area contributed by atoms with Gasteiger partial charge in [-0.3, -0.25) is 9.59 Å². The van der Waals surface area contributed by atoms with Crippen molar-refractivity contribution >= 4 is 61.0 Å². The van der Waals surface area contributed by atoms with Gasteiger partial charge < -0.3 is 25.4 Å². The molecule has 6 rings (SSSR count). The first-order valence-electron chi connectivity index (χ1n) is 15.2. The van der Waals surface area contributed by atoms with Crippen LogP contribution in [0.1, 0.15) is 50.5 Å². The summed E-state index contributed by atoms with van der Waals surface area (Å²) in [6.07, 6.45) is 1.20. The second-order valence-electron chi connectivity index (χ2n) is 12.1. The lowest BCUT2D eigenvalue weighted by atomic mass is 10.0. The molecule has 0 unspecified atom stereocenters. The number of nitrogens with zero attached hydrogens (tertiary/aromatic N) is 2. The lowest BCUT2D eigenvalue weighted by Gasteiger charge is -2.30. The number of allylic oxidation sites excluding steroid dienone is 1. The van der Waals surface area contributed by atoms with E-state index in [1.165, 1.54) is 16.2 Å². The van der Waals surface area contributed by atoms with Crippen LogP contribution in [-0.4, -0.2) is 63.0 Å². The van der Waals surface area contributed by atoms with Crippen molar-refractivity contribution in [3.8, 4) is 5.19 Å². The second kappa shape index (κ2) is 13.1. The van der Waals surface area contributed by atoms with Gasteiger partial charge in [0.15, 0.2) is 0 Å². The van der Waals surface area contributed by atoms with Crippen LogP contribution in [0, 0.1) is 11.7 Å². The maximum Gasteiger partial charge on any atom is 0.416 e. The molecule has 47 heavy (non-hydrogen) atoms. The molecule has 2 aromatic carbocycles. The molecule has 1 aliphatic carbocycles. The zero-order valence-electron chi connectivity index (χ0n) is 24.9. The summed E-state index contributed by atoms with van der Waals surface area (Å²) in [4.78, 5) is 46.1. The molecule has 0 spiro atoms. The largest absolute Gasteiger partial charge is 0.479 e. The van der Waals surface area contributed by atoms with E-state index in [-0.39, 0.29) is 31.5 Å². The monoisotopic (exact) mass is 738 g/mol. The van der Waals surface area contributed by atoms with E-state index in [9.17, 15) is 37.1 Å². The Morgan fingerprint density at radius 3 is 2.74 bits per heavy atom. The molecule has 9 nitrogen and oxygen atoms in total. The summed E-state index contributed by atoms with van der Waals surface area (Å²) in [5.74, 6) is -3.97. The molecule has 1 saturated carbocycles. The van der Waals surface area contributed by atoms with Gasteiger partial charge in [-0.2, -0.15) is 13.2 Å². The van der Waals surface area contributed by atoms with Crippen molar-refractivity contribution in [3.05, 3.63) is 64.4 Å². The van der Waals surface area contributed by atoms with Crippen LogP contribution < -0.4 is 15.4 Å². The molecule has 3 N–H and O–H groups in total. The Hall–Kier alpha value is -3.72. The number of rotatable bonds is 5. The minimum Gasteiger partial charge on any atom is -0.479 e. The maximum absolute atomic E-state index is 14.3. The Bertz CT molecular complexity index is 1730. The third-order valence-corrected chi connectivity index (χ3v) is 10.2. The summed E-state index contributed by atoms with van der Waals surface area (Å²) in [7, 11) is 0. The fraction of sp³-hybridized carbons (Fsp3) is 0.438. The van der Waals surface area contributed by atoms with Gasteiger partial charge in [0.25, 0.3) is 5.19 Å². The highest BCUT2D eigenvalue weighted by Crippen LogP contribution is 2.45. The van der Waals surface area contributed by atoms with Gasteiger partial charge in [0.1, 0.15) is 29.5 Å². The van der Waals surface area contributed by atoms with Crippen LogP contribution in [0.5, 0.6) is 5.19 Å². The quantitative estimate of drug-likeness (QED) is 0.201. The number of carbonyl (C=O) groups excluding carboxylic acids is 2.